The first-order valence-electron chi connectivity index (χ1n) is 9.06. The van der Waals surface area contributed by atoms with Crippen molar-refractivity contribution in [3.63, 3.8) is 0 Å². The van der Waals surface area contributed by atoms with Crippen molar-refractivity contribution in [2.45, 2.75) is 25.5 Å². The maximum absolute atomic E-state index is 12.3. The molecule has 0 bridgehead atoms. The van der Waals surface area contributed by atoms with E-state index in [4.69, 9.17) is 27.9 Å². The molecule has 152 valence electrons. The number of rotatable bonds is 8. The largest absolute Gasteiger partial charge is 0.494 e. The molecule has 0 atom stereocenters. The van der Waals surface area contributed by atoms with Crippen LogP contribution in [0.15, 0.2) is 47.6 Å². The Balaban J connectivity index is 1.66. The number of hydrogen-bond acceptors (Lipinski definition) is 5. The van der Waals surface area contributed by atoms with Crippen molar-refractivity contribution < 1.29 is 9.53 Å². The number of nitrogens with zero attached hydrogens (tertiary/aromatic N) is 3. The number of ether oxygens (including phenoxy) is 1. The standard InChI is InChI=1S/C20H20Cl2N4O2S/c1-3-26-19(16-10-5-13(21)11-17(16)22)24-25-20(26)29-12-18(27)23-14-6-8-15(9-7-14)28-4-2/h5-11H,3-4,12H2,1-2H3,(H,23,27). The van der Waals surface area contributed by atoms with Crippen LogP contribution >= 0.6 is 35.0 Å². The van der Waals surface area contributed by atoms with Gasteiger partial charge in [0.15, 0.2) is 11.0 Å². The van der Waals surface area contributed by atoms with E-state index in [0.29, 0.717) is 39.9 Å². The maximum Gasteiger partial charge on any atom is 0.234 e. The normalized spacial score (nSPS) is 10.8. The Labute approximate surface area is 183 Å². The van der Waals surface area contributed by atoms with Crippen LogP contribution in [-0.2, 0) is 11.3 Å². The van der Waals surface area contributed by atoms with Crippen LogP contribution in [0.3, 0.4) is 0 Å². The third-order valence-corrected chi connectivity index (χ3v) is 5.50. The second kappa shape index (κ2) is 10.0. The number of hydrogen-bond donors (Lipinski definition) is 1. The van der Waals surface area contributed by atoms with Crippen LogP contribution in [0.4, 0.5) is 5.69 Å². The summed E-state index contributed by atoms with van der Waals surface area (Å²) in [4.78, 5) is 12.3. The first-order valence-corrected chi connectivity index (χ1v) is 10.8. The SMILES string of the molecule is CCOc1ccc(NC(=O)CSc2nnc(-c3ccc(Cl)cc3Cl)n2CC)cc1. The fourth-order valence-electron chi connectivity index (χ4n) is 2.68. The summed E-state index contributed by atoms with van der Waals surface area (Å²) in [6.07, 6.45) is 0. The highest BCUT2D eigenvalue weighted by molar-refractivity contribution is 7.99. The Bertz CT molecular complexity index is 993. The minimum atomic E-state index is -0.129. The molecule has 1 heterocycles. The third kappa shape index (κ3) is 5.44. The molecule has 2 aromatic carbocycles. The molecule has 0 aliphatic rings. The molecule has 3 aromatic rings. The number of halogens is 2. The first kappa shape index (κ1) is 21.5. The van der Waals surface area contributed by atoms with Crippen LogP contribution in [-0.4, -0.2) is 33.0 Å². The summed E-state index contributed by atoms with van der Waals surface area (Å²) >= 11 is 13.6. The first-order chi connectivity index (χ1) is 14.0. The number of amides is 1. The van der Waals surface area contributed by atoms with Gasteiger partial charge >= 0.3 is 0 Å². The predicted octanol–water partition coefficient (Wildman–Crippen LogP) is 5.40. The van der Waals surface area contributed by atoms with Gasteiger partial charge in [-0.1, -0.05) is 35.0 Å². The fraction of sp³-hybridized carbons (Fsp3) is 0.250. The summed E-state index contributed by atoms with van der Waals surface area (Å²) in [6, 6.07) is 12.5. The predicted molar refractivity (Wildman–Crippen MR) is 118 cm³/mol. The van der Waals surface area contributed by atoms with E-state index in [2.05, 4.69) is 15.5 Å². The molecule has 0 aliphatic heterocycles. The number of nitrogens with one attached hydrogen (secondary N) is 1. The lowest BCUT2D eigenvalue weighted by Gasteiger charge is -2.09. The van der Waals surface area contributed by atoms with E-state index in [0.717, 1.165) is 11.3 Å². The molecule has 6 nitrogen and oxygen atoms in total. The minimum absolute atomic E-state index is 0.129. The van der Waals surface area contributed by atoms with E-state index in [1.807, 2.05) is 48.7 Å². The molecule has 1 N–H and O–H groups in total. The monoisotopic (exact) mass is 450 g/mol. The zero-order valence-corrected chi connectivity index (χ0v) is 18.3. The second-order valence-electron chi connectivity index (χ2n) is 5.97. The lowest BCUT2D eigenvalue weighted by molar-refractivity contribution is -0.113. The van der Waals surface area contributed by atoms with Gasteiger partial charge in [0.05, 0.1) is 17.4 Å². The van der Waals surface area contributed by atoms with Gasteiger partial charge in [0.1, 0.15) is 5.75 Å². The Kier molecular flexibility index (Phi) is 7.41. The highest BCUT2D eigenvalue weighted by Crippen LogP contribution is 2.31. The fourth-order valence-corrected chi connectivity index (χ4v) is 3.97. The Hall–Kier alpha value is -2.22. The van der Waals surface area contributed by atoms with Crippen LogP contribution in [0.5, 0.6) is 5.75 Å². The number of aromatic nitrogens is 3. The Morgan fingerprint density at radius 1 is 1.14 bits per heavy atom. The lowest BCUT2D eigenvalue weighted by Crippen LogP contribution is -2.14. The van der Waals surface area contributed by atoms with Gasteiger partial charge in [-0.05, 0) is 56.3 Å². The number of carbonyl (C=O) groups excluding carboxylic acids is 1. The maximum atomic E-state index is 12.3. The average Bonchev–Trinajstić information content (AvgIpc) is 3.11. The number of thioether (sulfide) groups is 1. The highest BCUT2D eigenvalue weighted by atomic mass is 35.5. The molecular weight excluding hydrogens is 431 g/mol. The zero-order chi connectivity index (χ0) is 20.8. The zero-order valence-electron chi connectivity index (χ0n) is 16.0. The summed E-state index contributed by atoms with van der Waals surface area (Å²) in [7, 11) is 0. The molecule has 1 amide bonds. The molecule has 9 heteroatoms. The molecule has 29 heavy (non-hydrogen) atoms. The molecule has 0 unspecified atom stereocenters. The molecular formula is C20H20Cl2N4O2S. The summed E-state index contributed by atoms with van der Waals surface area (Å²) in [5.74, 6) is 1.49. The molecule has 0 spiro atoms. The van der Waals surface area contributed by atoms with E-state index in [9.17, 15) is 4.79 Å². The molecule has 0 saturated heterocycles. The van der Waals surface area contributed by atoms with E-state index in [1.165, 1.54) is 11.8 Å². The average molecular weight is 451 g/mol. The van der Waals surface area contributed by atoms with Crippen LogP contribution in [0.25, 0.3) is 11.4 Å². The molecule has 1 aromatic heterocycles. The van der Waals surface area contributed by atoms with Crippen LogP contribution < -0.4 is 10.1 Å². The van der Waals surface area contributed by atoms with Gasteiger partial charge in [-0.15, -0.1) is 10.2 Å². The Morgan fingerprint density at radius 2 is 1.90 bits per heavy atom. The van der Waals surface area contributed by atoms with Crippen molar-refractivity contribution in [1.82, 2.24) is 14.8 Å². The van der Waals surface area contributed by atoms with Crippen molar-refractivity contribution in [2.75, 3.05) is 17.7 Å². The summed E-state index contributed by atoms with van der Waals surface area (Å²) < 4.78 is 7.32. The van der Waals surface area contributed by atoms with Crippen molar-refractivity contribution in [1.29, 1.82) is 0 Å². The quantitative estimate of drug-likeness (QED) is 0.465. The molecule has 0 radical (unpaired) electrons. The van der Waals surface area contributed by atoms with Gasteiger partial charge in [-0.3, -0.25) is 4.79 Å². The van der Waals surface area contributed by atoms with Crippen molar-refractivity contribution in [2.24, 2.45) is 0 Å². The van der Waals surface area contributed by atoms with E-state index < -0.39 is 0 Å². The van der Waals surface area contributed by atoms with Crippen molar-refractivity contribution in [3.05, 3.63) is 52.5 Å². The molecule has 0 aliphatic carbocycles. The van der Waals surface area contributed by atoms with E-state index in [1.54, 1.807) is 12.1 Å². The van der Waals surface area contributed by atoms with Crippen LogP contribution in [0, 0.1) is 0 Å². The topological polar surface area (TPSA) is 69.0 Å². The van der Waals surface area contributed by atoms with Gasteiger partial charge in [0.25, 0.3) is 0 Å². The number of carbonyl (C=O) groups is 1. The molecule has 0 saturated carbocycles. The van der Waals surface area contributed by atoms with Crippen LogP contribution in [0.1, 0.15) is 13.8 Å². The molecule has 0 fully saturated rings. The lowest BCUT2D eigenvalue weighted by atomic mass is 10.2. The van der Waals surface area contributed by atoms with Crippen molar-refractivity contribution >= 4 is 46.6 Å². The smallest absolute Gasteiger partial charge is 0.234 e. The summed E-state index contributed by atoms with van der Waals surface area (Å²) in [5, 5.41) is 13.1. The van der Waals surface area contributed by atoms with Gasteiger partial charge in [-0.2, -0.15) is 0 Å². The van der Waals surface area contributed by atoms with E-state index >= 15 is 0 Å². The van der Waals surface area contributed by atoms with Gasteiger partial charge in [-0.25, -0.2) is 0 Å². The third-order valence-electron chi connectivity index (χ3n) is 3.99. The van der Waals surface area contributed by atoms with Gasteiger partial charge in [0.2, 0.25) is 5.91 Å². The Morgan fingerprint density at radius 3 is 2.55 bits per heavy atom. The summed E-state index contributed by atoms with van der Waals surface area (Å²) in [6.45, 7) is 5.16. The molecule has 3 rings (SSSR count). The second-order valence-corrected chi connectivity index (χ2v) is 7.75. The van der Waals surface area contributed by atoms with Crippen molar-refractivity contribution in [3.8, 4) is 17.1 Å². The highest BCUT2D eigenvalue weighted by Gasteiger charge is 2.17. The summed E-state index contributed by atoms with van der Waals surface area (Å²) in [5.41, 5.74) is 1.46. The van der Waals surface area contributed by atoms with E-state index in [-0.39, 0.29) is 11.7 Å². The van der Waals surface area contributed by atoms with Gasteiger partial charge in [0, 0.05) is 22.8 Å². The number of anilines is 1. The van der Waals surface area contributed by atoms with Crippen LogP contribution in [0.2, 0.25) is 10.0 Å². The minimum Gasteiger partial charge on any atom is -0.494 e. The van der Waals surface area contributed by atoms with Gasteiger partial charge < -0.3 is 14.6 Å². The number of benzene rings is 2.